The van der Waals surface area contributed by atoms with Crippen molar-refractivity contribution in [3.63, 3.8) is 0 Å². The number of aryl methyl sites for hydroxylation is 1. The summed E-state index contributed by atoms with van der Waals surface area (Å²) in [4.78, 5) is 0.258. The van der Waals surface area contributed by atoms with Crippen LogP contribution in [0.15, 0.2) is 17.0 Å². The second-order valence-electron chi connectivity index (χ2n) is 6.12. The van der Waals surface area contributed by atoms with Crippen LogP contribution in [0.2, 0.25) is 0 Å². The first-order valence-electron chi connectivity index (χ1n) is 7.27. The molecule has 1 aliphatic carbocycles. The lowest BCUT2D eigenvalue weighted by Crippen LogP contribution is -2.38. The molecule has 118 valence electrons. The minimum Gasteiger partial charge on any atom is -0.398 e. The maximum Gasteiger partial charge on any atom is 0.241 e. The van der Waals surface area contributed by atoms with Gasteiger partial charge in [-0.05, 0) is 43.9 Å². The van der Waals surface area contributed by atoms with Crippen molar-refractivity contribution in [1.29, 1.82) is 0 Å². The van der Waals surface area contributed by atoms with Crippen molar-refractivity contribution in [1.82, 2.24) is 4.72 Å². The molecule has 0 atom stereocenters. The second-order valence-corrected chi connectivity index (χ2v) is 7.82. The van der Waals surface area contributed by atoms with Gasteiger partial charge in [0.15, 0.2) is 0 Å². The molecule has 0 aromatic heterocycles. The molecule has 0 spiro atoms. The minimum absolute atomic E-state index is 0.0183. The number of nitrogen functional groups attached to an aromatic ring is 1. The molecule has 4 N–H and O–H groups in total. The summed E-state index contributed by atoms with van der Waals surface area (Å²) < 4.78 is 27.9. The van der Waals surface area contributed by atoms with Gasteiger partial charge in [0.05, 0.1) is 4.90 Å². The summed E-state index contributed by atoms with van der Waals surface area (Å²) in [5.41, 5.74) is 7.24. The molecule has 2 rings (SSSR count). The molecule has 21 heavy (non-hydrogen) atoms. The first-order valence-corrected chi connectivity index (χ1v) is 8.76. The van der Waals surface area contributed by atoms with E-state index in [9.17, 15) is 13.5 Å². The Hall–Kier alpha value is -1.11. The molecule has 1 aromatic carbocycles. The number of aliphatic hydroxyl groups excluding tert-OH is 1. The van der Waals surface area contributed by atoms with Crippen molar-refractivity contribution in [3.05, 3.63) is 23.3 Å². The quantitative estimate of drug-likeness (QED) is 0.722. The number of anilines is 1. The van der Waals surface area contributed by atoms with Gasteiger partial charge in [-0.3, -0.25) is 0 Å². The molecular formula is C15H24N2O3S. The fourth-order valence-electron chi connectivity index (χ4n) is 3.09. The van der Waals surface area contributed by atoms with Crippen LogP contribution in [0.1, 0.15) is 36.8 Å². The summed E-state index contributed by atoms with van der Waals surface area (Å²) in [6.45, 7) is 3.77. The number of sulfonamides is 1. The van der Waals surface area contributed by atoms with E-state index in [1.165, 1.54) is 0 Å². The van der Waals surface area contributed by atoms with E-state index in [1.807, 2.05) is 0 Å². The van der Waals surface area contributed by atoms with E-state index in [0.29, 0.717) is 16.8 Å². The van der Waals surface area contributed by atoms with Crippen LogP contribution in [0, 0.1) is 19.3 Å². The number of benzene rings is 1. The van der Waals surface area contributed by atoms with Crippen LogP contribution in [0.25, 0.3) is 0 Å². The zero-order valence-electron chi connectivity index (χ0n) is 12.6. The molecule has 1 aromatic rings. The summed E-state index contributed by atoms with van der Waals surface area (Å²) >= 11 is 0. The third kappa shape index (κ3) is 3.22. The van der Waals surface area contributed by atoms with Gasteiger partial charge in [-0.15, -0.1) is 0 Å². The van der Waals surface area contributed by atoms with Crippen LogP contribution in [-0.2, 0) is 10.0 Å². The number of nitrogens with two attached hydrogens (primary N) is 1. The van der Waals surface area contributed by atoms with E-state index in [1.54, 1.807) is 26.0 Å². The van der Waals surface area contributed by atoms with Crippen LogP contribution < -0.4 is 10.5 Å². The van der Waals surface area contributed by atoms with Gasteiger partial charge < -0.3 is 10.8 Å². The van der Waals surface area contributed by atoms with E-state index in [2.05, 4.69) is 4.72 Å². The maximum atomic E-state index is 12.6. The standard InChI is InChI=1S/C15H24N2O3S/c1-11-5-6-13(16)12(2)14(11)21(19,20)17-9-15(10-18)7-3-4-8-15/h5-6,17-18H,3-4,7-10,16H2,1-2H3. The molecule has 0 amide bonds. The Morgan fingerprint density at radius 2 is 1.90 bits per heavy atom. The summed E-state index contributed by atoms with van der Waals surface area (Å²) in [5.74, 6) is 0. The molecular weight excluding hydrogens is 288 g/mol. The summed E-state index contributed by atoms with van der Waals surface area (Å²) in [7, 11) is -3.62. The van der Waals surface area contributed by atoms with Crippen molar-refractivity contribution in [2.45, 2.75) is 44.4 Å². The van der Waals surface area contributed by atoms with E-state index in [-0.39, 0.29) is 23.5 Å². The molecule has 0 unspecified atom stereocenters. The molecule has 0 aliphatic heterocycles. The highest BCUT2D eigenvalue weighted by Crippen LogP contribution is 2.37. The van der Waals surface area contributed by atoms with Crippen LogP contribution in [0.5, 0.6) is 0 Å². The monoisotopic (exact) mass is 312 g/mol. The van der Waals surface area contributed by atoms with Gasteiger partial charge in [0.1, 0.15) is 0 Å². The zero-order valence-corrected chi connectivity index (χ0v) is 13.5. The lowest BCUT2D eigenvalue weighted by Gasteiger charge is -2.27. The van der Waals surface area contributed by atoms with Crippen molar-refractivity contribution < 1.29 is 13.5 Å². The SMILES string of the molecule is Cc1ccc(N)c(C)c1S(=O)(=O)NCC1(CO)CCCC1. The Morgan fingerprint density at radius 3 is 2.48 bits per heavy atom. The Bertz CT molecular complexity index is 620. The third-order valence-corrected chi connectivity index (χ3v) is 6.24. The Balaban J connectivity index is 2.25. The highest BCUT2D eigenvalue weighted by molar-refractivity contribution is 7.89. The molecule has 0 heterocycles. The lowest BCUT2D eigenvalue weighted by atomic mass is 9.88. The van der Waals surface area contributed by atoms with Crippen LogP contribution >= 0.6 is 0 Å². The van der Waals surface area contributed by atoms with Crippen LogP contribution in [-0.4, -0.2) is 26.7 Å². The first-order chi connectivity index (χ1) is 9.81. The fourth-order valence-corrected chi connectivity index (χ4v) is 4.75. The predicted molar refractivity (Wildman–Crippen MR) is 83.5 cm³/mol. The van der Waals surface area contributed by atoms with E-state index < -0.39 is 10.0 Å². The molecule has 6 heteroatoms. The number of aliphatic hydroxyl groups is 1. The Labute approximate surface area is 126 Å². The Morgan fingerprint density at radius 1 is 1.29 bits per heavy atom. The molecule has 1 fully saturated rings. The maximum absolute atomic E-state index is 12.6. The largest absolute Gasteiger partial charge is 0.398 e. The zero-order chi connectivity index (χ0) is 15.7. The van der Waals surface area contributed by atoms with Gasteiger partial charge >= 0.3 is 0 Å². The van der Waals surface area contributed by atoms with Crippen molar-refractivity contribution in [2.75, 3.05) is 18.9 Å². The number of hydrogen-bond donors (Lipinski definition) is 3. The molecule has 1 saturated carbocycles. The average Bonchev–Trinajstić information content (AvgIpc) is 2.91. The third-order valence-electron chi connectivity index (χ3n) is 4.55. The molecule has 5 nitrogen and oxygen atoms in total. The number of nitrogens with one attached hydrogen (secondary N) is 1. The summed E-state index contributed by atoms with van der Waals surface area (Å²) in [6.07, 6.45) is 3.80. The summed E-state index contributed by atoms with van der Waals surface area (Å²) in [5, 5.41) is 9.58. The van der Waals surface area contributed by atoms with Gasteiger partial charge in [-0.1, -0.05) is 18.9 Å². The van der Waals surface area contributed by atoms with Gasteiger partial charge in [0.2, 0.25) is 10.0 Å². The first kappa shape index (κ1) is 16.3. The highest BCUT2D eigenvalue weighted by Gasteiger charge is 2.35. The second kappa shape index (κ2) is 5.94. The van der Waals surface area contributed by atoms with Gasteiger partial charge in [-0.25, -0.2) is 13.1 Å². The van der Waals surface area contributed by atoms with Crippen LogP contribution in [0.3, 0.4) is 0 Å². The summed E-state index contributed by atoms with van der Waals surface area (Å²) in [6, 6.07) is 3.43. The van der Waals surface area contributed by atoms with Crippen LogP contribution in [0.4, 0.5) is 5.69 Å². The van der Waals surface area contributed by atoms with Crippen molar-refractivity contribution in [2.24, 2.45) is 5.41 Å². The molecule has 1 aliphatic rings. The molecule has 0 bridgehead atoms. The Kier molecular flexibility index (Phi) is 4.60. The number of hydrogen-bond acceptors (Lipinski definition) is 4. The average molecular weight is 312 g/mol. The van der Waals surface area contributed by atoms with E-state index in [4.69, 9.17) is 5.73 Å². The van der Waals surface area contributed by atoms with Gasteiger partial charge in [0.25, 0.3) is 0 Å². The topological polar surface area (TPSA) is 92.4 Å². The van der Waals surface area contributed by atoms with E-state index in [0.717, 1.165) is 25.7 Å². The van der Waals surface area contributed by atoms with Crippen molar-refractivity contribution in [3.8, 4) is 0 Å². The molecule has 0 saturated heterocycles. The molecule has 0 radical (unpaired) electrons. The lowest BCUT2D eigenvalue weighted by molar-refractivity contribution is 0.134. The highest BCUT2D eigenvalue weighted by atomic mass is 32.2. The minimum atomic E-state index is -3.62. The van der Waals surface area contributed by atoms with Gasteiger partial charge in [-0.2, -0.15) is 0 Å². The normalized spacial score (nSPS) is 18.0. The smallest absolute Gasteiger partial charge is 0.241 e. The predicted octanol–water partition coefficient (Wildman–Crippen LogP) is 1.72. The van der Waals surface area contributed by atoms with Gasteiger partial charge in [0, 0.05) is 24.3 Å². The fraction of sp³-hybridized carbons (Fsp3) is 0.600. The van der Waals surface area contributed by atoms with Crippen molar-refractivity contribution >= 4 is 15.7 Å². The number of rotatable bonds is 5. The van der Waals surface area contributed by atoms with E-state index >= 15 is 0 Å².